The summed E-state index contributed by atoms with van der Waals surface area (Å²) in [5, 5.41) is 15.7. The summed E-state index contributed by atoms with van der Waals surface area (Å²) >= 11 is 7.69. The molecule has 3 aromatic rings. The largest absolute Gasteiger partial charge is 0.420 e. The molecule has 1 aromatic carbocycles. The minimum absolute atomic E-state index is 0.138. The fourth-order valence-electron chi connectivity index (χ4n) is 2.99. The van der Waals surface area contributed by atoms with E-state index in [0.29, 0.717) is 35.6 Å². The predicted octanol–water partition coefficient (Wildman–Crippen LogP) is 4.86. The van der Waals surface area contributed by atoms with Gasteiger partial charge in [0, 0.05) is 30.0 Å². The zero-order chi connectivity index (χ0) is 17.9. The number of urea groups is 1. The molecular weight excluding hydrogens is 372 g/mol. The Kier molecular flexibility index (Phi) is 4.90. The van der Waals surface area contributed by atoms with E-state index in [4.69, 9.17) is 16.0 Å². The molecule has 1 aliphatic rings. The first-order valence-corrected chi connectivity index (χ1v) is 9.69. The maximum Gasteiger partial charge on any atom is 0.321 e. The number of amides is 2. The van der Waals surface area contributed by atoms with Gasteiger partial charge in [-0.15, -0.1) is 10.2 Å². The van der Waals surface area contributed by atoms with Gasteiger partial charge >= 0.3 is 6.03 Å². The van der Waals surface area contributed by atoms with Gasteiger partial charge in [0.1, 0.15) is 0 Å². The number of carbonyl (C=O) groups excluding carboxylic acids is 1. The van der Waals surface area contributed by atoms with E-state index >= 15 is 0 Å². The standard InChI is InChI=1S/C18H17ClN4O2S/c19-14-3-1-2-4-15(14)20-18(24)23-8-5-12(6-9-23)16-21-22-17(25-16)13-7-10-26-11-13/h1-4,7,10-12H,5-6,8-9H2,(H,20,24). The highest BCUT2D eigenvalue weighted by atomic mass is 35.5. The molecule has 0 bridgehead atoms. The number of nitrogens with zero attached hydrogens (tertiary/aromatic N) is 3. The second-order valence-electron chi connectivity index (χ2n) is 6.13. The molecular formula is C18H17ClN4O2S. The number of halogens is 1. The highest BCUT2D eigenvalue weighted by molar-refractivity contribution is 7.08. The average Bonchev–Trinajstić information content (AvgIpc) is 3.35. The maximum atomic E-state index is 12.4. The van der Waals surface area contributed by atoms with Crippen molar-refractivity contribution in [2.24, 2.45) is 0 Å². The fourth-order valence-corrected chi connectivity index (χ4v) is 3.80. The molecule has 1 saturated heterocycles. The Balaban J connectivity index is 1.35. The summed E-state index contributed by atoms with van der Waals surface area (Å²) in [6, 6.07) is 9.04. The van der Waals surface area contributed by atoms with Crippen molar-refractivity contribution in [3.05, 3.63) is 52.0 Å². The molecule has 2 aromatic heterocycles. The summed E-state index contributed by atoms with van der Waals surface area (Å²) in [4.78, 5) is 14.2. The van der Waals surface area contributed by atoms with Crippen molar-refractivity contribution in [2.75, 3.05) is 18.4 Å². The van der Waals surface area contributed by atoms with Crippen LogP contribution < -0.4 is 5.32 Å². The minimum Gasteiger partial charge on any atom is -0.420 e. The first-order chi connectivity index (χ1) is 12.7. The highest BCUT2D eigenvalue weighted by Gasteiger charge is 2.27. The highest BCUT2D eigenvalue weighted by Crippen LogP contribution is 2.30. The van der Waals surface area contributed by atoms with Gasteiger partial charge in [0.15, 0.2) is 0 Å². The Morgan fingerprint density at radius 2 is 2.04 bits per heavy atom. The molecule has 1 fully saturated rings. The lowest BCUT2D eigenvalue weighted by Gasteiger charge is -2.30. The summed E-state index contributed by atoms with van der Waals surface area (Å²) in [7, 11) is 0. The van der Waals surface area contributed by atoms with Crippen LogP contribution in [-0.2, 0) is 0 Å². The van der Waals surface area contributed by atoms with Crippen molar-refractivity contribution in [1.29, 1.82) is 0 Å². The molecule has 0 atom stereocenters. The fraction of sp³-hybridized carbons (Fsp3) is 0.278. The number of anilines is 1. The van der Waals surface area contributed by atoms with Crippen molar-refractivity contribution < 1.29 is 9.21 Å². The smallest absolute Gasteiger partial charge is 0.321 e. The summed E-state index contributed by atoms with van der Waals surface area (Å²) in [5.41, 5.74) is 1.57. The monoisotopic (exact) mass is 388 g/mol. The number of aromatic nitrogens is 2. The molecule has 0 radical (unpaired) electrons. The Morgan fingerprint density at radius 3 is 2.77 bits per heavy atom. The molecule has 0 unspecified atom stereocenters. The molecule has 0 spiro atoms. The van der Waals surface area contributed by atoms with Crippen LogP contribution in [0, 0.1) is 0 Å². The lowest BCUT2D eigenvalue weighted by Crippen LogP contribution is -2.40. The first-order valence-electron chi connectivity index (χ1n) is 8.37. The number of para-hydroxylation sites is 1. The van der Waals surface area contributed by atoms with Crippen LogP contribution in [0.5, 0.6) is 0 Å². The summed E-state index contributed by atoms with van der Waals surface area (Å²) in [6.07, 6.45) is 1.59. The molecule has 6 nitrogen and oxygen atoms in total. The van der Waals surface area contributed by atoms with Crippen LogP contribution in [0.2, 0.25) is 5.02 Å². The van der Waals surface area contributed by atoms with Gasteiger partial charge in [-0.2, -0.15) is 11.3 Å². The number of hydrogen-bond acceptors (Lipinski definition) is 5. The molecule has 1 N–H and O–H groups in total. The quantitative estimate of drug-likeness (QED) is 0.695. The van der Waals surface area contributed by atoms with Gasteiger partial charge in [-0.25, -0.2) is 4.79 Å². The van der Waals surface area contributed by atoms with Crippen LogP contribution in [0.4, 0.5) is 10.5 Å². The third-order valence-electron chi connectivity index (χ3n) is 4.46. The van der Waals surface area contributed by atoms with Gasteiger partial charge in [0.2, 0.25) is 11.8 Å². The van der Waals surface area contributed by atoms with Crippen LogP contribution >= 0.6 is 22.9 Å². The van der Waals surface area contributed by atoms with Gasteiger partial charge in [-0.3, -0.25) is 0 Å². The molecule has 3 heterocycles. The van der Waals surface area contributed by atoms with Crippen molar-refractivity contribution >= 4 is 34.7 Å². The number of rotatable bonds is 3. The lowest BCUT2D eigenvalue weighted by atomic mass is 9.97. The third-order valence-corrected chi connectivity index (χ3v) is 5.47. The van der Waals surface area contributed by atoms with Gasteiger partial charge in [0.05, 0.1) is 10.7 Å². The van der Waals surface area contributed by atoms with Gasteiger partial charge in [-0.05, 0) is 36.4 Å². The molecule has 2 amide bonds. The maximum absolute atomic E-state index is 12.4. The normalized spacial score (nSPS) is 15.2. The SMILES string of the molecule is O=C(Nc1ccccc1Cl)N1CCC(c2nnc(-c3ccsc3)o2)CC1. The Labute approximate surface area is 159 Å². The molecule has 0 aliphatic carbocycles. The second-order valence-corrected chi connectivity index (χ2v) is 7.32. The van der Waals surface area contributed by atoms with E-state index in [2.05, 4.69) is 15.5 Å². The van der Waals surface area contributed by atoms with Crippen LogP contribution in [0.15, 0.2) is 45.5 Å². The summed E-state index contributed by atoms with van der Waals surface area (Å²) in [6.45, 7) is 1.27. The van der Waals surface area contributed by atoms with Crippen LogP contribution in [0.1, 0.15) is 24.7 Å². The van der Waals surface area contributed by atoms with E-state index in [9.17, 15) is 4.79 Å². The molecule has 0 saturated carbocycles. The molecule has 26 heavy (non-hydrogen) atoms. The number of piperidine rings is 1. The number of thiophene rings is 1. The van der Waals surface area contributed by atoms with E-state index in [1.807, 2.05) is 29.0 Å². The zero-order valence-electron chi connectivity index (χ0n) is 13.9. The number of hydrogen-bond donors (Lipinski definition) is 1. The first kappa shape index (κ1) is 17.1. The molecule has 8 heteroatoms. The van der Waals surface area contributed by atoms with Crippen molar-refractivity contribution in [2.45, 2.75) is 18.8 Å². The third kappa shape index (κ3) is 3.59. The second kappa shape index (κ2) is 7.47. The van der Waals surface area contributed by atoms with Crippen molar-refractivity contribution in [3.8, 4) is 11.5 Å². The molecule has 1 aliphatic heterocycles. The van der Waals surface area contributed by atoms with E-state index in [1.165, 1.54) is 0 Å². The van der Waals surface area contributed by atoms with Gasteiger partial charge < -0.3 is 14.6 Å². The molecule has 4 rings (SSSR count). The summed E-state index contributed by atoms with van der Waals surface area (Å²) in [5.74, 6) is 1.39. The van der Waals surface area contributed by atoms with Crippen LogP contribution in [0.3, 0.4) is 0 Å². The Hall–Kier alpha value is -2.38. The van der Waals surface area contributed by atoms with Crippen molar-refractivity contribution in [1.82, 2.24) is 15.1 Å². The van der Waals surface area contributed by atoms with Crippen LogP contribution in [-0.4, -0.2) is 34.2 Å². The van der Waals surface area contributed by atoms with E-state index in [-0.39, 0.29) is 11.9 Å². The van der Waals surface area contributed by atoms with Crippen molar-refractivity contribution in [3.63, 3.8) is 0 Å². The average molecular weight is 389 g/mol. The Bertz CT molecular complexity index is 888. The number of benzene rings is 1. The number of likely N-dealkylation sites (tertiary alicyclic amines) is 1. The molecule has 134 valence electrons. The van der Waals surface area contributed by atoms with E-state index in [1.54, 1.807) is 28.4 Å². The topological polar surface area (TPSA) is 71.3 Å². The Morgan fingerprint density at radius 1 is 1.23 bits per heavy atom. The number of carbonyl (C=O) groups is 1. The lowest BCUT2D eigenvalue weighted by molar-refractivity contribution is 0.190. The van der Waals surface area contributed by atoms with E-state index in [0.717, 1.165) is 18.4 Å². The number of nitrogens with one attached hydrogen (secondary N) is 1. The van der Waals surface area contributed by atoms with Gasteiger partial charge in [-0.1, -0.05) is 23.7 Å². The minimum atomic E-state index is -0.138. The van der Waals surface area contributed by atoms with Gasteiger partial charge in [0.25, 0.3) is 0 Å². The van der Waals surface area contributed by atoms with E-state index < -0.39 is 0 Å². The zero-order valence-corrected chi connectivity index (χ0v) is 15.5. The summed E-state index contributed by atoms with van der Waals surface area (Å²) < 4.78 is 5.82. The van der Waals surface area contributed by atoms with Crippen LogP contribution in [0.25, 0.3) is 11.5 Å². The predicted molar refractivity (Wildman–Crippen MR) is 102 cm³/mol.